The summed E-state index contributed by atoms with van der Waals surface area (Å²) in [5.74, 6) is 0.300. The van der Waals surface area contributed by atoms with Gasteiger partial charge in [-0.05, 0) is 108 Å². The van der Waals surface area contributed by atoms with Gasteiger partial charge in [0, 0.05) is 41.9 Å². The molecule has 46 heavy (non-hydrogen) atoms. The second-order valence-corrected chi connectivity index (χ2v) is 11.1. The van der Waals surface area contributed by atoms with Crippen LogP contribution in [0.15, 0.2) is 82.2 Å². The number of aliphatic hydroxyl groups excluding tert-OH is 1. The second-order valence-electron chi connectivity index (χ2n) is 11.1. The first kappa shape index (κ1) is 38.1. The average molecular weight is 631 g/mol. The van der Waals surface area contributed by atoms with Crippen molar-refractivity contribution in [1.29, 1.82) is 0 Å². The number of benzene rings is 2. The van der Waals surface area contributed by atoms with Gasteiger partial charge >= 0.3 is 0 Å². The molecule has 6 N–H and O–H groups in total. The number of β-amino-alcohol motifs (C(OH)–C–C–N with tert-alkyl or cyclic N) is 1. The number of hydrogen-bond donors (Lipinski definition) is 6. The number of nitrogens with one attached hydrogen (secondary N) is 4. The standard InChI is InChI=1S/C11H12N2.C9H11NO.C6H9N3.C5H11NO.C5H11N/c1-2-12-7-9-8-13-11-6-4-3-5-10(9)11;1-2-10-7-8-3-5-9(11)6-4-8;1-2-7-3-6-4-8-5-9-6;1-4-2-5(7)3-6-4;1-5-3-2-4-6-5/h2-6,8,13H,7H2,1H3;2-6,11H,7H2,1H3;2,4-5H,3H2,1H3,(H,8,9);4-7H,2-3H2,1H3;5-6H,2-4H2,1H3. The minimum Gasteiger partial charge on any atom is -0.508 e. The fourth-order valence-electron chi connectivity index (χ4n) is 4.58. The van der Waals surface area contributed by atoms with E-state index in [1.54, 1.807) is 37.1 Å². The SMILES string of the molecule is CC1CC(O)CN1.CC1CCCN1.CC=NCc1c[nH]c2ccccc12.CC=NCc1ccc(O)cc1.CC=NCc1cnc[nH]1. The van der Waals surface area contributed by atoms with Gasteiger partial charge in [-0.1, -0.05) is 30.3 Å². The molecule has 2 aromatic heterocycles. The van der Waals surface area contributed by atoms with Gasteiger partial charge in [-0.25, -0.2) is 4.98 Å². The van der Waals surface area contributed by atoms with E-state index in [-0.39, 0.29) is 6.10 Å². The largest absolute Gasteiger partial charge is 0.508 e. The van der Waals surface area contributed by atoms with Crippen LogP contribution in [0.25, 0.3) is 10.9 Å². The van der Waals surface area contributed by atoms with E-state index >= 15 is 0 Å². The number of imidazole rings is 1. The van der Waals surface area contributed by atoms with Gasteiger partial charge in [0.1, 0.15) is 5.75 Å². The van der Waals surface area contributed by atoms with Crippen LogP contribution in [-0.2, 0) is 19.6 Å². The maximum atomic E-state index is 8.94. The number of aliphatic imine (C=N–C) groups is 3. The number of fused-ring (bicyclic) bond motifs is 1. The minimum atomic E-state index is -0.0880. The molecule has 0 bridgehead atoms. The summed E-state index contributed by atoms with van der Waals surface area (Å²) < 4.78 is 0. The maximum absolute atomic E-state index is 8.94. The molecule has 0 saturated carbocycles. The number of para-hydroxylation sites is 1. The first-order valence-corrected chi connectivity index (χ1v) is 16.1. The van der Waals surface area contributed by atoms with Crippen LogP contribution >= 0.6 is 0 Å². The molecule has 3 unspecified atom stereocenters. The molecule has 3 atom stereocenters. The van der Waals surface area contributed by atoms with Crippen LogP contribution < -0.4 is 10.6 Å². The van der Waals surface area contributed by atoms with Crippen molar-refractivity contribution in [2.75, 3.05) is 13.1 Å². The lowest BCUT2D eigenvalue weighted by Gasteiger charge is -1.95. The molecule has 2 aliphatic heterocycles. The Balaban J connectivity index is 0.000000205. The van der Waals surface area contributed by atoms with Crippen molar-refractivity contribution in [3.63, 3.8) is 0 Å². The third-order valence-electron chi connectivity index (χ3n) is 7.15. The summed E-state index contributed by atoms with van der Waals surface area (Å²) >= 11 is 0. The van der Waals surface area contributed by atoms with Crippen LogP contribution in [0.2, 0.25) is 0 Å². The smallest absolute Gasteiger partial charge is 0.115 e. The molecular formula is C36H54N8O2. The summed E-state index contributed by atoms with van der Waals surface area (Å²) in [5, 5.41) is 25.5. The van der Waals surface area contributed by atoms with Gasteiger partial charge in [-0.2, -0.15) is 0 Å². The molecule has 250 valence electrons. The summed E-state index contributed by atoms with van der Waals surface area (Å²) in [6.07, 6.45) is 14.4. The summed E-state index contributed by atoms with van der Waals surface area (Å²) in [5.41, 5.74) is 4.60. The first-order chi connectivity index (χ1) is 22.4. The number of rotatable bonds is 6. The lowest BCUT2D eigenvalue weighted by molar-refractivity contribution is 0.194. The molecule has 2 aromatic carbocycles. The molecule has 0 radical (unpaired) electrons. The number of aromatic hydroxyl groups is 1. The highest BCUT2D eigenvalue weighted by molar-refractivity contribution is 5.83. The number of aromatic amines is 2. The molecule has 10 heteroatoms. The van der Waals surface area contributed by atoms with Crippen LogP contribution in [0.5, 0.6) is 5.75 Å². The third-order valence-corrected chi connectivity index (χ3v) is 7.15. The van der Waals surface area contributed by atoms with Crippen molar-refractivity contribution in [3.05, 3.63) is 84.1 Å². The van der Waals surface area contributed by atoms with Crippen LogP contribution in [0.3, 0.4) is 0 Å². The molecule has 0 amide bonds. The third kappa shape index (κ3) is 16.3. The lowest BCUT2D eigenvalue weighted by atomic mass is 10.2. The summed E-state index contributed by atoms with van der Waals surface area (Å²) in [6.45, 7) is 14.2. The normalized spacial score (nSPS) is 18.8. The predicted molar refractivity (Wildman–Crippen MR) is 193 cm³/mol. The summed E-state index contributed by atoms with van der Waals surface area (Å²) in [4.78, 5) is 22.3. The Kier molecular flexibility index (Phi) is 19.2. The Morgan fingerprint density at radius 2 is 1.54 bits per heavy atom. The first-order valence-electron chi connectivity index (χ1n) is 16.1. The van der Waals surface area contributed by atoms with Crippen molar-refractivity contribution in [3.8, 4) is 5.75 Å². The summed E-state index contributed by atoms with van der Waals surface area (Å²) in [7, 11) is 0. The number of aliphatic hydroxyl groups is 1. The van der Waals surface area contributed by atoms with Gasteiger partial charge in [0.2, 0.25) is 0 Å². The predicted octanol–water partition coefficient (Wildman–Crippen LogP) is 6.23. The van der Waals surface area contributed by atoms with E-state index in [2.05, 4.69) is 72.6 Å². The summed E-state index contributed by atoms with van der Waals surface area (Å²) in [6, 6.07) is 16.7. The molecule has 6 rings (SSSR count). The number of aromatic nitrogens is 3. The van der Waals surface area contributed by atoms with Crippen molar-refractivity contribution in [2.45, 2.75) is 91.7 Å². The van der Waals surface area contributed by atoms with Crippen molar-refractivity contribution >= 4 is 29.5 Å². The van der Waals surface area contributed by atoms with E-state index in [1.165, 1.54) is 35.9 Å². The van der Waals surface area contributed by atoms with E-state index in [0.717, 1.165) is 36.8 Å². The van der Waals surface area contributed by atoms with Gasteiger partial charge in [0.05, 0.1) is 37.8 Å². The fourth-order valence-corrected chi connectivity index (χ4v) is 4.58. The number of nitrogens with zero attached hydrogens (tertiary/aromatic N) is 4. The van der Waals surface area contributed by atoms with Crippen LogP contribution in [-0.4, -0.2) is 75.1 Å². The Labute approximate surface area is 274 Å². The van der Waals surface area contributed by atoms with Crippen molar-refractivity contribution in [1.82, 2.24) is 25.6 Å². The highest BCUT2D eigenvalue weighted by Crippen LogP contribution is 2.18. The zero-order chi connectivity index (χ0) is 33.4. The van der Waals surface area contributed by atoms with E-state index in [0.29, 0.717) is 24.9 Å². The van der Waals surface area contributed by atoms with Crippen LogP contribution in [0, 0.1) is 0 Å². The highest BCUT2D eigenvalue weighted by atomic mass is 16.3. The quantitative estimate of drug-likeness (QED) is 0.140. The van der Waals surface area contributed by atoms with Crippen LogP contribution in [0.4, 0.5) is 0 Å². The topological polar surface area (TPSA) is 146 Å². The molecule has 0 spiro atoms. The monoisotopic (exact) mass is 630 g/mol. The lowest BCUT2D eigenvalue weighted by Crippen LogP contribution is -2.17. The van der Waals surface area contributed by atoms with Gasteiger partial charge in [0.25, 0.3) is 0 Å². The number of hydrogen-bond acceptors (Lipinski definition) is 8. The zero-order valence-electron chi connectivity index (χ0n) is 28.2. The number of phenolic OH excluding ortho intramolecular Hbond substituents is 1. The Hall–Kier alpha value is -4.12. The Bertz CT molecular complexity index is 1380. The molecule has 2 saturated heterocycles. The van der Waals surface area contributed by atoms with Gasteiger partial charge in [0.15, 0.2) is 0 Å². The second kappa shape index (κ2) is 23.3. The van der Waals surface area contributed by atoms with E-state index in [4.69, 9.17) is 10.2 Å². The van der Waals surface area contributed by atoms with E-state index in [9.17, 15) is 0 Å². The molecule has 0 aliphatic carbocycles. The van der Waals surface area contributed by atoms with Gasteiger partial charge < -0.3 is 30.8 Å². The molecule has 4 aromatic rings. The van der Waals surface area contributed by atoms with Gasteiger partial charge in [-0.3, -0.25) is 15.0 Å². The zero-order valence-corrected chi connectivity index (χ0v) is 28.2. The van der Waals surface area contributed by atoms with Crippen LogP contribution in [0.1, 0.15) is 70.7 Å². The Morgan fingerprint density at radius 1 is 0.848 bits per heavy atom. The van der Waals surface area contributed by atoms with Gasteiger partial charge in [-0.15, -0.1) is 0 Å². The van der Waals surface area contributed by atoms with Crippen molar-refractivity contribution < 1.29 is 10.2 Å². The molecule has 4 heterocycles. The average Bonchev–Trinajstić information content (AvgIpc) is 3.90. The minimum absolute atomic E-state index is 0.0880. The Morgan fingerprint density at radius 3 is 2.07 bits per heavy atom. The highest BCUT2D eigenvalue weighted by Gasteiger charge is 2.16. The molecule has 10 nitrogen and oxygen atoms in total. The van der Waals surface area contributed by atoms with E-state index in [1.807, 2.05) is 51.4 Å². The fraction of sp³-hybridized carbons (Fsp3) is 0.444. The molecule has 2 aliphatic rings. The van der Waals surface area contributed by atoms with E-state index < -0.39 is 0 Å². The molecule has 2 fully saturated rings. The number of phenols is 1. The number of H-pyrrole nitrogens is 2. The van der Waals surface area contributed by atoms with Crippen molar-refractivity contribution in [2.24, 2.45) is 15.0 Å². The maximum Gasteiger partial charge on any atom is 0.115 e. The molecular weight excluding hydrogens is 576 g/mol.